The first-order chi connectivity index (χ1) is 14.8. The molecular formula is C23H26N4O4. The van der Waals surface area contributed by atoms with Gasteiger partial charge in [-0.25, -0.2) is 5.21 Å². The van der Waals surface area contributed by atoms with Crippen molar-refractivity contribution in [1.82, 2.24) is 14.0 Å². The molecule has 2 unspecified atom stereocenters. The maximum absolute atomic E-state index is 13.5. The summed E-state index contributed by atoms with van der Waals surface area (Å²) in [6.07, 6.45) is 2.93. The number of amides is 1. The summed E-state index contributed by atoms with van der Waals surface area (Å²) < 4.78 is 3.77. The molecule has 5 rings (SSSR count). The van der Waals surface area contributed by atoms with E-state index in [2.05, 4.69) is 18.4 Å². The highest BCUT2D eigenvalue weighted by atomic mass is 16.8. The van der Waals surface area contributed by atoms with E-state index in [1.807, 2.05) is 35.4 Å². The van der Waals surface area contributed by atoms with Crippen molar-refractivity contribution < 1.29 is 15.2 Å². The van der Waals surface area contributed by atoms with Crippen LogP contribution in [0.5, 0.6) is 0 Å². The van der Waals surface area contributed by atoms with Crippen LogP contribution in [0.25, 0.3) is 10.9 Å². The summed E-state index contributed by atoms with van der Waals surface area (Å²) in [6, 6.07) is 11.3. The number of nitrogens with zero attached hydrogens (tertiary/aromatic N) is 3. The van der Waals surface area contributed by atoms with Gasteiger partial charge in [0, 0.05) is 66.0 Å². The number of benzene rings is 1. The first kappa shape index (κ1) is 20.0. The molecule has 4 heterocycles. The molecule has 2 N–H and O–H groups in total. The average Bonchev–Trinajstić information content (AvgIpc) is 3.18. The number of carbonyl (C=O) groups is 1. The van der Waals surface area contributed by atoms with Gasteiger partial charge in [0.25, 0.3) is 5.91 Å². The Hall–Kier alpha value is -2.94. The van der Waals surface area contributed by atoms with Gasteiger partial charge in [0.1, 0.15) is 0 Å². The molecule has 162 valence electrons. The monoisotopic (exact) mass is 422 g/mol. The zero-order valence-corrected chi connectivity index (χ0v) is 17.6. The Morgan fingerprint density at radius 2 is 1.97 bits per heavy atom. The minimum absolute atomic E-state index is 0.0137. The van der Waals surface area contributed by atoms with E-state index in [1.165, 1.54) is 6.07 Å². The van der Waals surface area contributed by atoms with E-state index in [4.69, 9.17) is 0 Å². The number of fused-ring (bicyclic) bond motifs is 5. The number of likely N-dealkylation sites (tertiary alicyclic amines) is 1. The highest BCUT2D eigenvalue weighted by Gasteiger charge is 2.37. The molecule has 2 bridgehead atoms. The van der Waals surface area contributed by atoms with E-state index < -0.39 is 10.8 Å². The van der Waals surface area contributed by atoms with E-state index in [0.29, 0.717) is 31.2 Å². The smallest absolute Gasteiger partial charge is 0.315 e. The molecule has 0 spiro atoms. The van der Waals surface area contributed by atoms with Crippen molar-refractivity contribution in [3.05, 3.63) is 69.4 Å². The lowest BCUT2D eigenvalue weighted by Crippen LogP contribution is -3.00. The quantitative estimate of drug-likeness (QED) is 0.632. The second kappa shape index (κ2) is 7.33. The Kier molecular flexibility index (Phi) is 4.73. The molecule has 1 aromatic carbocycles. The largest absolute Gasteiger partial charge is 0.595 e. The fraction of sp³-hybridized carbons (Fsp3) is 0.391. The topological polar surface area (TPSA) is 95.0 Å². The number of hydrogen-bond acceptors (Lipinski definition) is 4. The van der Waals surface area contributed by atoms with Crippen molar-refractivity contribution in [2.45, 2.75) is 38.8 Å². The summed E-state index contributed by atoms with van der Waals surface area (Å²) in [7, 11) is 0. The molecule has 2 aliphatic heterocycles. The van der Waals surface area contributed by atoms with Gasteiger partial charge in [-0.15, -0.1) is 0 Å². The van der Waals surface area contributed by atoms with E-state index in [-0.39, 0.29) is 23.4 Å². The van der Waals surface area contributed by atoms with Gasteiger partial charge in [0.15, 0.2) is 0 Å². The molecule has 0 aliphatic carbocycles. The fourth-order valence-electron chi connectivity index (χ4n) is 5.27. The molecule has 2 aliphatic rings. The molecule has 31 heavy (non-hydrogen) atoms. The summed E-state index contributed by atoms with van der Waals surface area (Å²) in [6.45, 7) is 5.79. The Bertz CT molecular complexity index is 1230. The summed E-state index contributed by atoms with van der Waals surface area (Å²) in [4.78, 5) is 28.0. The van der Waals surface area contributed by atoms with Crippen molar-refractivity contribution in [3.8, 4) is 0 Å². The summed E-state index contributed by atoms with van der Waals surface area (Å²) in [5, 5.41) is 20.4. The number of piperidine rings is 1. The summed E-state index contributed by atoms with van der Waals surface area (Å²) in [5.41, 5.74) is 1.94. The second-order valence-electron chi connectivity index (χ2n) is 8.96. The van der Waals surface area contributed by atoms with Crippen LogP contribution >= 0.6 is 0 Å². The average molecular weight is 422 g/mol. The van der Waals surface area contributed by atoms with Gasteiger partial charge in [0.05, 0.1) is 0 Å². The molecule has 0 radical (unpaired) electrons. The van der Waals surface area contributed by atoms with Crippen LogP contribution in [-0.4, -0.2) is 38.2 Å². The SMILES string of the molecule is CC(C)n1ccc2c(C(=O)N3CC4C[C@@H](C3)Cn3c4ccc([NH+]([O-])O)c3=O)cccc21. The summed E-state index contributed by atoms with van der Waals surface area (Å²) in [5.74, 6) is 0.183. The Balaban J connectivity index is 1.47. The lowest BCUT2D eigenvalue weighted by molar-refractivity contribution is -0.992. The van der Waals surface area contributed by atoms with Crippen LogP contribution in [0.4, 0.5) is 5.69 Å². The molecule has 2 aromatic heterocycles. The van der Waals surface area contributed by atoms with Crippen LogP contribution < -0.4 is 10.8 Å². The van der Waals surface area contributed by atoms with Crippen molar-refractivity contribution in [2.24, 2.45) is 5.92 Å². The van der Waals surface area contributed by atoms with Gasteiger partial charge < -0.3 is 19.2 Å². The van der Waals surface area contributed by atoms with Gasteiger partial charge >= 0.3 is 5.56 Å². The molecule has 1 saturated heterocycles. The first-order valence-corrected chi connectivity index (χ1v) is 10.7. The zero-order valence-electron chi connectivity index (χ0n) is 17.6. The van der Waals surface area contributed by atoms with Crippen LogP contribution in [0.1, 0.15) is 48.3 Å². The van der Waals surface area contributed by atoms with Gasteiger partial charge in [-0.1, -0.05) is 6.07 Å². The lowest BCUT2D eigenvalue weighted by Gasteiger charge is -2.43. The highest BCUT2D eigenvalue weighted by Crippen LogP contribution is 2.36. The highest BCUT2D eigenvalue weighted by molar-refractivity contribution is 6.06. The number of rotatable bonds is 3. The van der Waals surface area contributed by atoms with Gasteiger partial charge in [-0.2, -0.15) is 5.23 Å². The van der Waals surface area contributed by atoms with E-state index in [9.17, 15) is 20.0 Å². The van der Waals surface area contributed by atoms with Gasteiger partial charge in [-0.3, -0.25) is 9.59 Å². The lowest BCUT2D eigenvalue weighted by atomic mass is 9.83. The Morgan fingerprint density at radius 1 is 1.16 bits per heavy atom. The van der Waals surface area contributed by atoms with Crippen LogP contribution in [0, 0.1) is 11.1 Å². The minimum atomic E-state index is -1.20. The Morgan fingerprint density at radius 3 is 2.71 bits per heavy atom. The predicted octanol–water partition coefficient (Wildman–Crippen LogP) is 2.05. The van der Waals surface area contributed by atoms with Gasteiger partial charge in [-0.05, 0) is 50.5 Å². The third-order valence-electron chi connectivity index (χ3n) is 6.67. The number of carbonyl (C=O) groups excluding carboxylic acids is 1. The van der Waals surface area contributed by atoms with Crippen molar-refractivity contribution in [3.63, 3.8) is 0 Å². The maximum atomic E-state index is 13.5. The van der Waals surface area contributed by atoms with Crippen molar-refractivity contribution in [2.75, 3.05) is 13.1 Å². The number of quaternary nitrogens is 1. The molecular weight excluding hydrogens is 396 g/mol. The maximum Gasteiger partial charge on any atom is 0.315 e. The molecule has 8 heteroatoms. The van der Waals surface area contributed by atoms with E-state index in [0.717, 1.165) is 23.0 Å². The van der Waals surface area contributed by atoms with Crippen molar-refractivity contribution in [1.29, 1.82) is 0 Å². The van der Waals surface area contributed by atoms with E-state index >= 15 is 0 Å². The number of hydrogen-bond donors (Lipinski definition) is 2. The third-order valence-corrected chi connectivity index (χ3v) is 6.67. The first-order valence-electron chi connectivity index (χ1n) is 10.7. The molecule has 0 saturated carbocycles. The number of nitrogens with one attached hydrogen (secondary N) is 1. The van der Waals surface area contributed by atoms with Crippen LogP contribution in [0.3, 0.4) is 0 Å². The van der Waals surface area contributed by atoms with Crippen LogP contribution in [0.15, 0.2) is 47.4 Å². The molecule has 3 atom stereocenters. The normalized spacial score (nSPS) is 21.4. The fourth-order valence-corrected chi connectivity index (χ4v) is 5.27. The number of pyridine rings is 1. The minimum Gasteiger partial charge on any atom is -0.595 e. The van der Waals surface area contributed by atoms with E-state index in [1.54, 1.807) is 10.6 Å². The standard InChI is InChI=1S/C23H26N4O4/c1-14(2)25-9-8-17-18(4-3-5-20(17)25)22(28)24-11-15-10-16(13-24)19-6-7-21(27(30)31)23(29)26(19)12-15/h3-9,14-16,27,30H,10-13H2,1-2H3/t15-,16?/m0/s1. The molecule has 1 amide bonds. The summed E-state index contributed by atoms with van der Waals surface area (Å²) >= 11 is 0. The zero-order chi connectivity index (χ0) is 21.9. The van der Waals surface area contributed by atoms with Crippen LogP contribution in [-0.2, 0) is 6.54 Å². The molecule has 1 fully saturated rings. The predicted molar refractivity (Wildman–Crippen MR) is 116 cm³/mol. The van der Waals surface area contributed by atoms with Gasteiger partial charge in [0.2, 0.25) is 5.69 Å². The second-order valence-corrected chi connectivity index (χ2v) is 8.96. The third kappa shape index (κ3) is 3.18. The van der Waals surface area contributed by atoms with Crippen molar-refractivity contribution >= 4 is 22.5 Å². The molecule has 3 aromatic rings. The van der Waals surface area contributed by atoms with Crippen LogP contribution in [0.2, 0.25) is 0 Å². The molecule has 8 nitrogen and oxygen atoms in total. The number of aromatic nitrogens is 2. The Labute approximate surface area is 179 Å².